The smallest absolute Gasteiger partial charge is 0.0213 e. The maximum Gasteiger partial charge on any atom is -0.0213 e. The summed E-state index contributed by atoms with van der Waals surface area (Å²) in [6, 6.07) is 0. The summed E-state index contributed by atoms with van der Waals surface area (Å²) in [7, 11) is 0. The molecule has 0 saturated carbocycles. The molecule has 0 spiro atoms. The minimum Gasteiger partial charge on any atom is -0.0654 e. The van der Waals surface area contributed by atoms with E-state index in [1.54, 1.807) is 32.1 Å². The first kappa shape index (κ1) is 54.0. The van der Waals surface area contributed by atoms with E-state index in [1.807, 2.05) is 0 Å². The van der Waals surface area contributed by atoms with Crippen molar-refractivity contribution in [2.45, 2.75) is 331 Å². The molecular formula is C54H110. The normalized spacial score (nSPS) is 12.9. The predicted octanol–water partition coefficient (Wildman–Crippen LogP) is 20.9. The predicted molar refractivity (Wildman–Crippen MR) is 251 cm³/mol. The third kappa shape index (κ3) is 26.8. The van der Waals surface area contributed by atoms with E-state index in [1.165, 1.54) is 250 Å². The summed E-state index contributed by atoms with van der Waals surface area (Å²) in [5, 5.41) is 0. The van der Waals surface area contributed by atoms with E-state index in [9.17, 15) is 0 Å². The molecule has 0 bridgehead atoms. The molecule has 0 amide bonds. The van der Waals surface area contributed by atoms with E-state index >= 15 is 0 Å². The van der Waals surface area contributed by atoms with Crippen molar-refractivity contribution >= 4 is 0 Å². The first-order valence-electron chi connectivity index (χ1n) is 26.6. The van der Waals surface area contributed by atoms with Crippen LogP contribution in [0.4, 0.5) is 0 Å². The van der Waals surface area contributed by atoms with Gasteiger partial charge in [-0.3, -0.25) is 0 Å². The molecule has 0 N–H and O–H groups in total. The first-order chi connectivity index (χ1) is 26.6. The molecule has 0 nitrogen and oxygen atoms in total. The molecular weight excluding hydrogens is 649 g/mol. The van der Waals surface area contributed by atoms with E-state index in [0.29, 0.717) is 10.8 Å². The molecule has 0 aliphatic heterocycles. The highest BCUT2D eigenvalue weighted by Gasteiger charge is 2.52. The lowest BCUT2D eigenvalue weighted by atomic mass is 9.47. The van der Waals surface area contributed by atoms with Gasteiger partial charge in [-0.15, -0.1) is 0 Å². The number of rotatable bonds is 46. The molecule has 326 valence electrons. The fourth-order valence-electron chi connectivity index (χ4n) is 11.0. The second kappa shape index (κ2) is 41.2. The van der Waals surface area contributed by atoms with Crippen LogP contribution in [0, 0.1) is 16.7 Å². The van der Waals surface area contributed by atoms with Crippen molar-refractivity contribution in [3.8, 4) is 0 Å². The molecule has 0 aromatic rings. The molecule has 0 rings (SSSR count). The Balaban J connectivity index is 7.05. The second-order valence-corrected chi connectivity index (χ2v) is 19.1. The third-order valence-corrected chi connectivity index (χ3v) is 14.4. The van der Waals surface area contributed by atoms with Crippen LogP contribution in [0.3, 0.4) is 0 Å². The third-order valence-electron chi connectivity index (χ3n) is 14.4. The summed E-state index contributed by atoms with van der Waals surface area (Å²) in [6.07, 6.45) is 64.9. The standard InChI is InChI=1S/C54H110/c1-8-15-21-27-33-39-46-52(45-14-7)54(50-43-37-31-25-19-12-5,51-44-38-32-26-20-13-6)53(47-40-34-28-22-16-9-2,48-41-35-29-23-17-10-3)49-42-36-30-24-18-11-4/h52H,8-51H2,1-7H3. The van der Waals surface area contributed by atoms with Crippen molar-refractivity contribution in [1.29, 1.82) is 0 Å². The van der Waals surface area contributed by atoms with Gasteiger partial charge in [0.05, 0.1) is 0 Å². The Kier molecular flexibility index (Phi) is 41.2. The number of unbranched alkanes of at least 4 members (excludes halogenated alkanes) is 30. The van der Waals surface area contributed by atoms with E-state index in [-0.39, 0.29) is 0 Å². The van der Waals surface area contributed by atoms with Crippen LogP contribution in [0.1, 0.15) is 331 Å². The van der Waals surface area contributed by atoms with Gasteiger partial charge in [0, 0.05) is 0 Å². The molecule has 0 radical (unpaired) electrons. The van der Waals surface area contributed by atoms with Crippen LogP contribution in [0.2, 0.25) is 0 Å². The highest BCUT2D eigenvalue weighted by molar-refractivity contribution is 5.02. The van der Waals surface area contributed by atoms with E-state index in [4.69, 9.17) is 0 Å². The molecule has 0 aliphatic carbocycles. The lowest BCUT2D eigenvalue weighted by Gasteiger charge is -2.57. The van der Waals surface area contributed by atoms with Gasteiger partial charge in [-0.05, 0) is 55.3 Å². The molecule has 0 heterocycles. The molecule has 0 aromatic carbocycles. The van der Waals surface area contributed by atoms with Crippen LogP contribution in [-0.4, -0.2) is 0 Å². The molecule has 0 heteroatoms. The van der Waals surface area contributed by atoms with E-state index in [2.05, 4.69) is 48.5 Å². The second-order valence-electron chi connectivity index (χ2n) is 19.1. The molecule has 0 saturated heterocycles. The highest BCUT2D eigenvalue weighted by atomic mass is 14.6. The Morgan fingerprint density at radius 3 is 0.741 bits per heavy atom. The van der Waals surface area contributed by atoms with Gasteiger partial charge in [-0.2, -0.15) is 0 Å². The van der Waals surface area contributed by atoms with Crippen LogP contribution in [-0.2, 0) is 0 Å². The fraction of sp³-hybridized carbons (Fsp3) is 1.00. The van der Waals surface area contributed by atoms with Gasteiger partial charge >= 0.3 is 0 Å². The summed E-state index contributed by atoms with van der Waals surface area (Å²) >= 11 is 0. The van der Waals surface area contributed by atoms with Gasteiger partial charge in [-0.25, -0.2) is 0 Å². The maximum atomic E-state index is 2.56. The fourth-order valence-corrected chi connectivity index (χ4v) is 11.0. The molecule has 0 fully saturated rings. The van der Waals surface area contributed by atoms with Gasteiger partial charge in [0.25, 0.3) is 0 Å². The number of hydrogen-bond donors (Lipinski definition) is 0. The summed E-state index contributed by atoms with van der Waals surface area (Å²) in [5.41, 5.74) is 1.11. The molecule has 1 atom stereocenters. The van der Waals surface area contributed by atoms with Crippen LogP contribution in [0.25, 0.3) is 0 Å². The van der Waals surface area contributed by atoms with Gasteiger partial charge in [0.2, 0.25) is 0 Å². The first-order valence-corrected chi connectivity index (χ1v) is 26.6. The van der Waals surface area contributed by atoms with Crippen LogP contribution in [0.5, 0.6) is 0 Å². The van der Waals surface area contributed by atoms with Gasteiger partial charge < -0.3 is 0 Å². The van der Waals surface area contributed by atoms with Crippen LogP contribution >= 0.6 is 0 Å². The van der Waals surface area contributed by atoms with Crippen molar-refractivity contribution in [2.24, 2.45) is 16.7 Å². The van der Waals surface area contributed by atoms with Gasteiger partial charge in [0.15, 0.2) is 0 Å². The molecule has 0 aromatic heterocycles. The average molecular weight is 759 g/mol. The minimum absolute atomic E-state index is 0.554. The van der Waals surface area contributed by atoms with Gasteiger partial charge in [0.1, 0.15) is 0 Å². The average Bonchev–Trinajstić information content (AvgIpc) is 3.18. The van der Waals surface area contributed by atoms with E-state index in [0.717, 1.165) is 5.92 Å². The zero-order chi connectivity index (χ0) is 39.7. The Morgan fingerprint density at radius 1 is 0.222 bits per heavy atom. The van der Waals surface area contributed by atoms with Gasteiger partial charge in [-0.1, -0.05) is 292 Å². The quantitative estimate of drug-likeness (QED) is 0.0542. The highest BCUT2D eigenvalue weighted by Crippen LogP contribution is 2.62. The monoisotopic (exact) mass is 759 g/mol. The van der Waals surface area contributed by atoms with Crippen molar-refractivity contribution in [1.82, 2.24) is 0 Å². The molecule has 54 heavy (non-hydrogen) atoms. The zero-order valence-electron chi connectivity index (χ0n) is 39.7. The van der Waals surface area contributed by atoms with Crippen LogP contribution in [0.15, 0.2) is 0 Å². The van der Waals surface area contributed by atoms with Crippen LogP contribution < -0.4 is 0 Å². The Morgan fingerprint density at radius 2 is 0.463 bits per heavy atom. The van der Waals surface area contributed by atoms with Crippen molar-refractivity contribution in [2.75, 3.05) is 0 Å². The number of hydrogen-bond acceptors (Lipinski definition) is 0. The summed E-state index contributed by atoms with van der Waals surface area (Å²) in [5.74, 6) is 0.945. The largest absolute Gasteiger partial charge is 0.0654 e. The molecule has 1 unspecified atom stereocenters. The SMILES string of the molecule is CCCCCCCCC(CCC)C(CCCCCCCC)(CCCCCCCC)C(CCCCCCCC)(CCCCCCCC)CCCCCCCC. The van der Waals surface area contributed by atoms with Crippen molar-refractivity contribution in [3.63, 3.8) is 0 Å². The van der Waals surface area contributed by atoms with E-state index < -0.39 is 0 Å². The summed E-state index contributed by atoms with van der Waals surface area (Å²) < 4.78 is 0. The summed E-state index contributed by atoms with van der Waals surface area (Å²) in [4.78, 5) is 0. The Labute approximate surface area is 346 Å². The van der Waals surface area contributed by atoms with Crippen molar-refractivity contribution < 1.29 is 0 Å². The zero-order valence-corrected chi connectivity index (χ0v) is 39.7. The lowest BCUT2D eigenvalue weighted by Crippen LogP contribution is -2.48. The Bertz CT molecular complexity index is 633. The topological polar surface area (TPSA) is 0 Å². The maximum absolute atomic E-state index is 2.56. The lowest BCUT2D eigenvalue weighted by molar-refractivity contribution is -0.0758. The Hall–Kier alpha value is 0. The summed E-state index contributed by atoms with van der Waals surface area (Å²) in [6.45, 7) is 16.9. The van der Waals surface area contributed by atoms with Crippen molar-refractivity contribution in [3.05, 3.63) is 0 Å². The minimum atomic E-state index is 0.554. The molecule has 0 aliphatic rings.